The molecular weight excluding hydrogens is 284 g/mol. The number of hydrogen-bond donors (Lipinski definition) is 3. The van der Waals surface area contributed by atoms with E-state index in [0.717, 1.165) is 57.8 Å². The standard InChI is InChI=1S/C16H28N2O4/c1-22-15(20)13-5-3-2-4-6-14(13)18-16(21)17-11-7-9-12(19)10-8-11/h11-14,19H,2-10H2,1H3,(H2,17,18,21)/t11?,12?,13-,14-/m1/s1. The molecule has 2 atom stereocenters. The number of rotatable bonds is 3. The molecule has 0 heterocycles. The van der Waals surface area contributed by atoms with Crippen molar-refractivity contribution in [3.63, 3.8) is 0 Å². The van der Waals surface area contributed by atoms with Gasteiger partial charge in [-0.1, -0.05) is 19.3 Å². The van der Waals surface area contributed by atoms with E-state index in [2.05, 4.69) is 10.6 Å². The first kappa shape index (κ1) is 17.1. The van der Waals surface area contributed by atoms with Crippen molar-refractivity contribution in [3.05, 3.63) is 0 Å². The second-order valence-electron chi connectivity index (χ2n) is 6.50. The minimum atomic E-state index is -0.244. The first-order valence-corrected chi connectivity index (χ1v) is 8.43. The summed E-state index contributed by atoms with van der Waals surface area (Å²) >= 11 is 0. The van der Waals surface area contributed by atoms with Crippen LogP contribution in [0.25, 0.3) is 0 Å². The number of methoxy groups -OCH3 is 1. The second kappa shape index (κ2) is 8.36. The van der Waals surface area contributed by atoms with Gasteiger partial charge in [-0.15, -0.1) is 0 Å². The molecule has 0 spiro atoms. The summed E-state index contributed by atoms with van der Waals surface area (Å²) in [6, 6.07) is -0.239. The van der Waals surface area contributed by atoms with Gasteiger partial charge in [0.05, 0.1) is 19.1 Å². The summed E-state index contributed by atoms with van der Waals surface area (Å²) in [7, 11) is 1.40. The van der Waals surface area contributed by atoms with Gasteiger partial charge in [0.1, 0.15) is 0 Å². The maximum absolute atomic E-state index is 12.2. The smallest absolute Gasteiger partial charge is 0.315 e. The summed E-state index contributed by atoms with van der Waals surface area (Å²) in [6.45, 7) is 0. The Balaban J connectivity index is 1.85. The largest absolute Gasteiger partial charge is 0.469 e. The monoisotopic (exact) mass is 312 g/mol. The molecule has 2 fully saturated rings. The fourth-order valence-corrected chi connectivity index (χ4v) is 3.53. The lowest BCUT2D eigenvalue weighted by Crippen LogP contribution is -2.50. The number of urea groups is 1. The number of carbonyl (C=O) groups is 2. The van der Waals surface area contributed by atoms with E-state index in [1.54, 1.807) is 0 Å². The van der Waals surface area contributed by atoms with Gasteiger partial charge in [0, 0.05) is 12.1 Å². The van der Waals surface area contributed by atoms with Crippen molar-refractivity contribution in [1.82, 2.24) is 10.6 Å². The molecule has 6 heteroatoms. The van der Waals surface area contributed by atoms with Crippen molar-refractivity contribution < 1.29 is 19.4 Å². The minimum absolute atomic E-state index is 0.116. The molecule has 2 aliphatic rings. The van der Waals surface area contributed by atoms with Crippen molar-refractivity contribution >= 4 is 12.0 Å². The van der Waals surface area contributed by atoms with Crippen LogP contribution in [0.15, 0.2) is 0 Å². The Kier molecular flexibility index (Phi) is 6.49. The van der Waals surface area contributed by atoms with Gasteiger partial charge in [0.25, 0.3) is 0 Å². The molecule has 3 N–H and O–H groups in total. The van der Waals surface area contributed by atoms with Crippen LogP contribution in [0.2, 0.25) is 0 Å². The van der Waals surface area contributed by atoms with Crippen molar-refractivity contribution in [1.29, 1.82) is 0 Å². The second-order valence-corrected chi connectivity index (χ2v) is 6.50. The van der Waals surface area contributed by atoms with Crippen LogP contribution in [0.3, 0.4) is 0 Å². The van der Waals surface area contributed by atoms with Crippen LogP contribution in [0.4, 0.5) is 4.79 Å². The number of nitrogens with one attached hydrogen (secondary N) is 2. The molecule has 0 aliphatic heterocycles. The van der Waals surface area contributed by atoms with Gasteiger partial charge >= 0.3 is 12.0 Å². The topological polar surface area (TPSA) is 87.7 Å². The van der Waals surface area contributed by atoms with Crippen LogP contribution in [0, 0.1) is 5.92 Å². The molecule has 2 saturated carbocycles. The van der Waals surface area contributed by atoms with Crippen LogP contribution in [0.1, 0.15) is 57.8 Å². The lowest BCUT2D eigenvalue weighted by molar-refractivity contribution is -0.146. The SMILES string of the molecule is COC(=O)[C@@H]1CCCCC[C@H]1NC(=O)NC1CCC(O)CC1. The van der Waals surface area contributed by atoms with E-state index in [-0.39, 0.29) is 36.1 Å². The molecule has 0 aromatic heterocycles. The van der Waals surface area contributed by atoms with Crippen LogP contribution < -0.4 is 10.6 Å². The van der Waals surface area contributed by atoms with Crippen molar-refractivity contribution in [2.75, 3.05) is 7.11 Å². The van der Waals surface area contributed by atoms with Crippen molar-refractivity contribution in [3.8, 4) is 0 Å². The summed E-state index contributed by atoms with van der Waals surface area (Å²) in [5.74, 6) is -0.473. The quantitative estimate of drug-likeness (QED) is 0.547. The van der Waals surface area contributed by atoms with Crippen LogP contribution >= 0.6 is 0 Å². The van der Waals surface area contributed by atoms with Gasteiger partial charge in [0.15, 0.2) is 0 Å². The zero-order valence-electron chi connectivity index (χ0n) is 13.3. The van der Waals surface area contributed by atoms with Gasteiger partial charge in [-0.25, -0.2) is 4.79 Å². The Bertz CT molecular complexity index is 380. The lowest BCUT2D eigenvalue weighted by atomic mass is 9.93. The van der Waals surface area contributed by atoms with Crippen molar-refractivity contribution in [2.45, 2.75) is 76.0 Å². The summed E-state index contributed by atoms with van der Waals surface area (Å²) in [6.07, 6.45) is 7.55. The summed E-state index contributed by atoms with van der Waals surface area (Å²) in [5, 5.41) is 15.4. The van der Waals surface area contributed by atoms with E-state index in [0.29, 0.717) is 0 Å². The highest BCUT2D eigenvalue weighted by molar-refractivity contribution is 5.77. The molecule has 0 radical (unpaired) electrons. The van der Waals surface area contributed by atoms with Gasteiger partial charge in [-0.05, 0) is 38.5 Å². The number of ether oxygens (including phenoxy) is 1. The van der Waals surface area contributed by atoms with Crippen LogP contribution in [-0.2, 0) is 9.53 Å². The summed E-state index contributed by atoms with van der Waals surface area (Å²) < 4.78 is 4.88. The molecular formula is C16H28N2O4. The summed E-state index contributed by atoms with van der Waals surface area (Å²) in [4.78, 5) is 24.1. The number of aliphatic hydroxyl groups is 1. The molecule has 0 bridgehead atoms. The molecule has 2 amide bonds. The minimum Gasteiger partial charge on any atom is -0.469 e. The van der Waals surface area contributed by atoms with E-state index in [1.165, 1.54) is 7.11 Å². The maximum Gasteiger partial charge on any atom is 0.315 e. The molecule has 0 unspecified atom stereocenters. The van der Waals surface area contributed by atoms with E-state index >= 15 is 0 Å². The Hall–Kier alpha value is -1.30. The first-order chi connectivity index (χ1) is 10.6. The first-order valence-electron chi connectivity index (χ1n) is 8.43. The maximum atomic E-state index is 12.2. The number of carbonyl (C=O) groups excluding carboxylic acids is 2. The number of amides is 2. The van der Waals surface area contributed by atoms with Crippen molar-refractivity contribution in [2.24, 2.45) is 5.92 Å². The Morgan fingerprint density at radius 2 is 1.64 bits per heavy atom. The van der Waals surface area contributed by atoms with Crippen LogP contribution in [-0.4, -0.2) is 42.4 Å². The fraction of sp³-hybridized carbons (Fsp3) is 0.875. The Morgan fingerprint density at radius 3 is 2.32 bits per heavy atom. The van der Waals surface area contributed by atoms with E-state index < -0.39 is 0 Å². The third kappa shape index (κ3) is 4.87. The van der Waals surface area contributed by atoms with E-state index in [4.69, 9.17) is 4.74 Å². The van der Waals surface area contributed by atoms with Gasteiger partial charge in [-0.2, -0.15) is 0 Å². The van der Waals surface area contributed by atoms with E-state index in [1.807, 2.05) is 0 Å². The predicted molar refractivity (Wildman–Crippen MR) is 82.3 cm³/mol. The zero-order chi connectivity index (χ0) is 15.9. The van der Waals surface area contributed by atoms with Gasteiger partial charge in [-0.3, -0.25) is 4.79 Å². The number of aliphatic hydroxyl groups excluding tert-OH is 1. The Morgan fingerprint density at radius 1 is 0.955 bits per heavy atom. The summed E-state index contributed by atoms with van der Waals surface area (Å²) in [5.41, 5.74) is 0. The highest BCUT2D eigenvalue weighted by atomic mass is 16.5. The fourth-order valence-electron chi connectivity index (χ4n) is 3.53. The van der Waals surface area contributed by atoms with E-state index in [9.17, 15) is 14.7 Å². The average molecular weight is 312 g/mol. The third-order valence-corrected chi connectivity index (χ3v) is 4.87. The highest BCUT2D eigenvalue weighted by Crippen LogP contribution is 2.25. The molecule has 22 heavy (non-hydrogen) atoms. The predicted octanol–water partition coefficient (Wildman–Crippen LogP) is 1.71. The van der Waals surface area contributed by atoms with Crippen LogP contribution in [0.5, 0.6) is 0 Å². The molecule has 0 aromatic carbocycles. The Labute approximate surface area is 132 Å². The highest BCUT2D eigenvalue weighted by Gasteiger charge is 2.32. The molecule has 0 aromatic rings. The lowest BCUT2D eigenvalue weighted by Gasteiger charge is -2.28. The molecule has 2 aliphatic carbocycles. The molecule has 6 nitrogen and oxygen atoms in total. The number of esters is 1. The normalized spacial score (nSPS) is 32.6. The number of hydrogen-bond acceptors (Lipinski definition) is 4. The molecule has 2 rings (SSSR count). The molecule has 126 valence electrons. The zero-order valence-corrected chi connectivity index (χ0v) is 13.3. The third-order valence-electron chi connectivity index (χ3n) is 4.87. The average Bonchev–Trinajstić information content (AvgIpc) is 2.74. The van der Waals surface area contributed by atoms with Gasteiger partial charge < -0.3 is 20.5 Å². The van der Waals surface area contributed by atoms with Gasteiger partial charge in [0.2, 0.25) is 0 Å². The molecule has 0 saturated heterocycles.